The number of anilines is 2. The predicted octanol–water partition coefficient (Wildman–Crippen LogP) is 4.27. The molecule has 0 saturated carbocycles. The lowest BCUT2D eigenvalue weighted by Crippen LogP contribution is -2.22. The molecule has 0 aliphatic carbocycles. The van der Waals surface area contributed by atoms with E-state index in [1.807, 2.05) is 6.92 Å². The zero-order valence-corrected chi connectivity index (χ0v) is 12.5. The third-order valence-corrected chi connectivity index (χ3v) is 3.99. The van der Waals surface area contributed by atoms with Gasteiger partial charge in [0.05, 0.1) is 0 Å². The highest BCUT2D eigenvalue weighted by atomic mass is 16.7. The van der Waals surface area contributed by atoms with Crippen molar-refractivity contribution < 1.29 is 9.47 Å². The fourth-order valence-corrected chi connectivity index (χ4v) is 3.01. The van der Waals surface area contributed by atoms with Crippen molar-refractivity contribution >= 4 is 11.4 Å². The first-order chi connectivity index (χ1) is 10.3. The second-order valence-corrected chi connectivity index (χ2v) is 5.21. The molecule has 3 rings (SSSR count). The average molecular weight is 283 g/mol. The maximum absolute atomic E-state index is 5.68. The summed E-state index contributed by atoms with van der Waals surface area (Å²) in [5.41, 5.74) is 4.95. The first-order valence-corrected chi connectivity index (χ1v) is 7.42. The Labute approximate surface area is 125 Å². The summed E-state index contributed by atoms with van der Waals surface area (Å²) in [6.07, 6.45) is 0.638. The van der Waals surface area contributed by atoms with Crippen LogP contribution in [0.15, 0.2) is 48.5 Å². The largest absolute Gasteiger partial charge is 0.356 e. The van der Waals surface area contributed by atoms with Gasteiger partial charge in [0.15, 0.2) is 6.29 Å². The number of nitrogens with one attached hydrogen (secondary N) is 1. The number of methoxy groups -OCH3 is 1. The minimum absolute atomic E-state index is 0.181. The van der Waals surface area contributed by atoms with Gasteiger partial charge in [-0.15, -0.1) is 0 Å². The van der Waals surface area contributed by atoms with Crippen LogP contribution in [0.25, 0.3) is 0 Å². The second kappa shape index (κ2) is 6.29. The molecule has 0 fully saturated rings. The third kappa shape index (κ3) is 2.80. The number of hydrogen-bond acceptors (Lipinski definition) is 3. The van der Waals surface area contributed by atoms with Crippen molar-refractivity contribution in [3.63, 3.8) is 0 Å². The Bertz CT molecular complexity index is 566. The van der Waals surface area contributed by atoms with Crippen LogP contribution < -0.4 is 5.32 Å². The molecule has 21 heavy (non-hydrogen) atoms. The molecule has 2 aromatic rings. The van der Waals surface area contributed by atoms with Crippen molar-refractivity contribution in [1.29, 1.82) is 0 Å². The summed E-state index contributed by atoms with van der Waals surface area (Å²) < 4.78 is 11.2. The molecule has 3 nitrogen and oxygen atoms in total. The van der Waals surface area contributed by atoms with E-state index in [0.717, 1.165) is 6.42 Å². The molecule has 110 valence electrons. The summed E-state index contributed by atoms with van der Waals surface area (Å²) >= 11 is 0. The number of rotatable bonds is 5. The molecule has 0 saturated heterocycles. The summed E-state index contributed by atoms with van der Waals surface area (Å²) in [4.78, 5) is 0. The highest BCUT2D eigenvalue weighted by Gasteiger charge is 2.27. The quantitative estimate of drug-likeness (QED) is 0.831. The molecule has 1 N–H and O–H groups in total. The van der Waals surface area contributed by atoms with E-state index in [9.17, 15) is 0 Å². The van der Waals surface area contributed by atoms with Crippen molar-refractivity contribution in [2.45, 2.75) is 25.6 Å². The Balaban J connectivity index is 1.98. The minimum atomic E-state index is -0.181. The fourth-order valence-electron chi connectivity index (χ4n) is 3.01. The van der Waals surface area contributed by atoms with Crippen LogP contribution in [0.5, 0.6) is 0 Å². The monoisotopic (exact) mass is 283 g/mol. The minimum Gasteiger partial charge on any atom is -0.356 e. The Morgan fingerprint density at radius 3 is 2.10 bits per heavy atom. The Kier molecular flexibility index (Phi) is 4.23. The molecular formula is C18H21NO2. The van der Waals surface area contributed by atoms with Crippen LogP contribution in [-0.4, -0.2) is 20.0 Å². The Morgan fingerprint density at radius 1 is 1.00 bits per heavy atom. The van der Waals surface area contributed by atoms with Crippen molar-refractivity contribution in [3.05, 3.63) is 59.7 Å². The molecular weight excluding hydrogens is 262 g/mol. The maximum atomic E-state index is 5.68. The molecule has 0 aromatic heterocycles. The number of benzene rings is 2. The van der Waals surface area contributed by atoms with Gasteiger partial charge in [0.1, 0.15) is 0 Å². The molecule has 1 heterocycles. The van der Waals surface area contributed by atoms with Gasteiger partial charge < -0.3 is 14.8 Å². The van der Waals surface area contributed by atoms with Gasteiger partial charge in [-0.3, -0.25) is 0 Å². The third-order valence-electron chi connectivity index (χ3n) is 3.99. The standard InChI is InChI=1S/C18H21NO2/c1-3-21-18(20-2)12-15-13-8-4-6-10-16(13)19-17-11-7-5-9-14(15)17/h4-11,15,18-19H,3,12H2,1-2H3. The second-order valence-electron chi connectivity index (χ2n) is 5.21. The molecule has 0 amide bonds. The Hall–Kier alpha value is -1.84. The van der Waals surface area contributed by atoms with E-state index in [0.29, 0.717) is 6.61 Å². The Morgan fingerprint density at radius 2 is 1.57 bits per heavy atom. The lowest BCUT2D eigenvalue weighted by Gasteiger charge is -2.31. The topological polar surface area (TPSA) is 30.5 Å². The lowest BCUT2D eigenvalue weighted by atomic mass is 9.83. The van der Waals surface area contributed by atoms with E-state index in [1.54, 1.807) is 7.11 Å². The molecule has 0 radical (unpaired) electrons. The lowest BCUT2D eigenvalue weighted by molar-refractivity contribution is -0.125. The van der Waals surface area contributed by atoms with Gasteiger partial charge in [0.25, 0.3) is 0 Å². The van der Waals surface area contributed by atoms with Gasteiger partial charge in [-0.2, -0.15) is 0 Å². The first-order valence-electron chi connectivity index (χ1n) is 7.42. The number of para-hydroxylation sites is 2. The molecule has 3 heteroatoms. The van der Waals surface area contributed by atoms with E-state index in [-0.39, 0.29) is 12.2 Å². The molecule has 1 aliphatic rings. The van der Waals surface area contributed by atoms with Crippen molar-refractivity contribution in [2.75, 3.05) is 19.0 Å². The molecule has 0 spiro atoms. The highest BCUT2D eigenvalue weighted by molar-refractivity contribution is 5.73. The van der Waals surface area contributed by atoms with E-state index < -0.39 is 0 Å². The van der Waals surface area contributed by atoms with Gasteiger partial charge in [0, 0.05) is 37.4 Å². The SMILES string of the molecule is CCOC(CC1c2ccccc2Nc2ccccc21)OC. The summed E-state index contributed by atoms with van der Waals surface area (Å²) in [5, 5.41) is 3.51. The normalized spacial score (nSPS) is 15.0. The van der Waals surface area contributed by atoms with Crippen LogP contribution in [0.3, 0.4) is 0 Å². The van der Waals surface area contributed by atoms with E-state index in [1.165, 1.54) is 22.5 Å². The fraction of sp³-hybridized carbons (Fsp3) is 0.333. The molecule has 1 aliphatic heterocycles. The zero-order valence-electron chi connectivity index (χ0n) is 12.5. The van der Waals surface area contributed by atoms with Crippen LogP contribution in [-0.2, 0) is 9.47 Å². The van der Waals surface area contributed by atoms with Crippen LogP contribution in [0, 0.1) is 0 Å². The average Bonchev–Trinajstić information content (AvgIpc) is 2.53. The zero-order chi connectivity index (χ0) is 14.7. The maximum Gasteiger partial charge on any atom is 0.158 e. The van der Waals surface area contributed by atoms with Gasteiger partial charge in [-0.25, -0.2) is 0 Å². The van der Waals surface area contributed by atoms with Crippen molar-refractivity contribution in [2.24, 2.45) is 0 Å². The van der Waals surface area contributed by atoms with Gasteiger partial charge >= 0.3 is 0 Å². The number of fused-ring (bicyclic) bond motifs is 2. The van der Waals surface area contributed by atoms with Crippen molar-refractivity contribution in [1.82, 2.24) is 0 Å². The summed E-state index contributed by atoms with van der Waals surface area (Å²) in [7, 11) is 1.71. The van der Waals surface area contributed by atoms with E-state index in [2.05, 4.69) is 53.8 Å². The van der Waals surface area contributed by atoms with Crippen LogP contribution in [0.1, 0.15) is 30.4 Å². The van der Waals surface area contributed by atoms with Gasteiger partial charge in [-0.05, 0) is 30.2 Å². The summed E-state index contributed by atoms with van der Waals surface area (Å²) in [6, 6.07) is 16.9. The van der Waals surface area contributed by atoms with Crippen LogP contribution in [0.4, 0.5) is 11.4 Å². The summed E-state index contributed by atoms with van der Waals surface area (Å²) in [5.74, 6) is 0.287. The van der Waals surface area contributed by atoms with E-state index >= 15 is 0 Å². The van der Waals surface area contributed by atoms with Crippen LogP contribution >= 0.6 is 0 Å². The smallest absolute Gasteiger partial charge is 0.158 e. The predicted molar refractivity (Wildman–Crippen MR) is 85.0 cm³/mol. The molecule has 1 atom stereocenters. The first kappa shape index (κ1) is 14.1. The van der Waals surface area contributed by atoms with Gasteiger partial charge in [0.2, 0.25) is 0 Å². The molecule has 1 unspecified atom stereocenters. The summed E-state index contributed by atoms with van der Waals surface area (Å²) in [6.45, 7) is 2.66. The molecule has 0 bridgehead atoms. The number of ether oxygens (including phenoxy) is 2. The molecule has 2 aromatic carbocycles. The van der Waals surface area contributed by atoms with Crippen molar-refractivity contribution in [3.8, 4) is 0 Å². The van der Waals surface area contributed by atoms with Gasteiger partial charge in [-0.1, -0.05) is 36.4 Å². The number of hydrogen-bond donors (Lipinski definition) is 1. The highest BCUT2D eigenvalue weighted by Crippen LogP contribution is 2.43. The van der Waals surface area contributed by atoms with E-state index in [4.69, 9.17) is 9.47 Å². The van der Waals surface area contributed by atoms with Crippen LogP contribution in [0.2, 0.25) is 0 Å².